The molecule has 1 amide bonds. The fourth-order valence-corrected chi connectivity index (χ4v) is 1.60. The Kier molecular flexibility index (Phi) is 5.32. The summed E-state index contributed by atoms with van der Waals surface area (Å²) in [4.78, 5) is 24.0. The standard InChI is InChI=1S/C13H18N2O3/c1-15(2)9-12(16)14-8-11-6-4-3-5-10(11)7-13(17)18/h3-6H,7-9H2,1-2H3,(H,14,16)(H,17,18). The normalized spacial score (nSPS) is 10.4. The summed E-state index contributed by atoms with van der Waals surface area (Å²) in [5.41, 5.74) is 1.57. The number of carbonyl (C=O) groups is 2. The maximum atomic E-state index is 11.5. The third-order valence-electron chi connectivity index (χ3n) is 2.40. The molecular formula is C13H18N2O3. The molecular weight excluding hydrogens is 232 g/mol. The van der Waals surface area contributed by atoms with Crippen molar-refractivity contribution in [2.24, 2.45) is 0 Å². The van der Waals surface area contributed by atoms with Gasteiger partial charge >= 0.3 is 5.97 Å². The van der Waals surface area contributed by atoms with Crippen LogP contribution >= 0.6 is 0 Å². The molecule has 0 saturated heterocycles. The first-order valence-corrected chi connectivity index (χ1v) is 5.69. The second-order valence-corrected chi connectivity index (χ2v) is 4.35. The van der Waals surface area contributed by atoms with Gasteiger partial charge in [-0.05, 0) is 25.2 Å². The van der Waals surface area contributed by atoms with Crippen LogP contribution in [0.4, 0.5) is 0 Å². The number of carboxylic acids is 1. The third kappa shape index (κ3) is 4.97. The van der Waals surface area contributed by atoms with Gasteiger partial charge in [-0.3, -0.25) is 9.59 Å². The maximum Gasteiger partial charge on any atom is 0.307 e. The highest BCUT2D eigenvalue weighted by Gasteiger charge is 2.08. The first-order chi connectivity index (χ1) is 8.49. The van der Waals surface area contributed by atoms with Crippen LogP contribution in [-0.4, -0.2) is 42.5 Å². The van der Waals surface area contributed by atoms with Crippen LogP contribution in [0.5, 0.6) is 0 Å². The van der Waals surface area contributed by atoms with Gasteiger partial charge in [-0.25, -0.2) is 0 Å². The van der Waals surface area contributed by atoms with Crippen LogP contribution in [0.25, 0.3) is 0 Å². The summed E-state index contributed by atoms with van der Waals surface area (Å²) in [5.74, 6) is -0.952. The van der Waals surface area contributed by atoms with Crippen LogP contribution in [0.2, 0.25) is 0 Å². The molecule has 0 heterocycles. The first-order valence-electron chi connectivity index (χ1n) is 5.69. The van der Waals surface area contributed by atoms with Crippen molar-refractivity contribution in [3.63, 3.8) is 0 Å². The number of nitrogens with zero attached hydrogens (tertiary/aromatic N) is 1. The highest BCUT2D eigenvalue weighted by atomic mass is 16.4. The van der Waals surface area contributed by atoms with Crippen molar-refractivity contribution in [1.29, 1.82) is 0 Å². The summed E-state index contributed by atoms with van der Waals surface area (Å²) < 4.78 is 0. The molecule has 1 rings (SSSR count). The smallest absolute Gasteiger partial charge is 0.307 e. The van der Waals surface area contributed by atoms with Crippen LogP contribution in [0.3, 0.4) is 0 Å². The summed E-state index contributed by atoms with van der Waals surface area (Å²) >= 11 is 0. The van der Waals surface area contributed by atoms with E-state index in [9.17, 15) is 9.59 Å². The van der Waals surface area contributed by atoms with Crippen molar-refractivity contribution in [2.75, 3.05) is 20.6 Å². The molecule has 0 atom stereocenters. The lowest BCUT2D eigenvalue weighted by Gasteiger charge is -2.12. The van der Waals surface area contributed by atoms with Crippen molar-refractivity contribution in [3.8, 4) is 0 Å². The monoisotopic (exact) mass is 250 g/mol. The van der Waals surface area contributed by atoms with Crippen LogP contribution in [0, 0.1) is 0 Å². The molecule has 1 aromatic carbocycles. The second kappa shape index (κ2) is 6.76. The SMILES string of the molecule is CN(C)CC(=O)NCc1ccccc1CC(=O)O. The number of nitrogens with one attached hydrogen (secondary N) is 1. The maximum absolute atomic E-state index is 11.5. The molecule has 0 aliphatic heterocycles. The van der Waals surface area contributed by atoms with Crippen molar-refractivity contribution < 1.29 is 14.7 Å². The number of carbonyl (C=O) groups excluding carboxylic acids is 1. The number of likely N-dealkylation sites (N-methyl/N-ethyl adjacent to an activating group) is 1. The number of carboxylic acid groups (broad SMARTS) is 1. The number of aliphatic carboxylic acids is 1. The zero-order valence-electron chi connectivity index (χ0n) is 10.6. The van der Waals surface area contributed by atoms with E-state index in [0.717, 1.165) is 11.1 Å². The van der Waals surface area contributed by atoms with Gasteiger partial charge in [0.15, 0.2) is 0 Å². The molecule has 1 aromatic rings. The lowest BCUT2D eigenvalue weighted by molar-refractivity contribution is -0.136. The predicted molar refractivity (Wildman–Crippen MR) is 68.2 cm³/mol. The van der Waals surface area contributed by atoms with Crippen LogP contribution in [0.15, 0.2) is 24.3 Å². The van der Waals surface area contributed by atoms with Crippen LogP contribution in [0.1, 0.15) is 11.1 Å². The van der Waals surface area contributed by atoms with Crippen molar-refractivity contribution in [3.05, 3.63) is 35.4 Å². The quantitative estimate of drug-likeness (QED) is 0.771. The Labute approximate surface area is 106 Å². The van der Waals surface area contributed by atoms with Crippen LogP contribution in [-0.2, 0) is 22.6 Å². The molecule has 0 radical (unpaired) electrons. The molecule has 0 fully saturated rings. The Hall–Kier alpha value is -1.88. The van der Waals surface area contributed by atoms with Gasteiger partial charge in [-0.1, -0.05) is 24.3 Å². The molecule has 18 heavy (non-hydrogen) atoms. The largest absolute Gasteiger partial charge is 0.481 e. The van der Waals surface area contributed by atoms with Crippen molar-refractivity contribution >= 4 is 11.9 Å². The lowest BCUT2D eigenvalue weighted by Crippen LogP contribution is -2.33. The van der Waals surface area contributed by atoms with E-state index in [1.165, 1.54) is 0 Å². The van der Waals surface area contributed by atoms with Crippen molar-refractivity contribution in [1.82, 2.24) is 10.2 Å². The highest BCUT2D eigenvalue weighted by molar-refractivity contribution is 5.78. The summed E-state index contributed by atoms with van der Waals surface area (Å²) in [6.45, 7) is 0.678. The van der Waals surface area contributed by atoms with Gasteiger partial charge < -0.3 is 15.3 Å². The Bertz CT molecular complexity index is 430. The molecule has 98 valence electrons. The molecule has 0 unspecified atom stereocenters. The Balaban J connectivity index is 2.61. The molecule has 0 saturated carbocycles. The first kappa shape index (κ1) is 14.2. The average molecular weight is 250 g/mol. The number of hydrogen-bond donors (Lipinski definition) is 2. The highest BCUT2D eigenvalue weighted by Crippen LogP contribution is 2.09. The molecule has 5 nitrogen and oxygen atoms in total. The summed E-state index contributed by atoms with van der Waals surface area (Å²) in [7, 11) is 3.63. The fraction of sp³-hybridized carbons (Fsp3) is 0.385. The molecule has 0 bridgehead atoms. The van der Waals surface area contributed by atoms with E-state index in [0.29, 0.717) is 13.1 Å². The second-order valence-electron chi connectivity index (χ2n) is 4.35. The minimum absolute atomic E-state index is 0.0281. The van der Waals surface area contributed by atoms with Gasteiger partial charge in [0.05, 0.1) is 13.0 Å². The predicted octanol–water partition coefficient (Wildman–Crippen LogP) is 0.491. The minimum Gasteiger partial charge on any atom is -0.481 e. The molecule has 0 aromatic heterocycles. The van der Waals surface area contributed by atoms with Gasteiger partial charge in [0, 0.05) is 6.54 Å². The number of rotatable bonds is 6. The Morgan fingerprint density at radius 2 is 1.83 bits per heavy atom. The van der Waals surface area contributed by atoms with Gasteiger partial charge in [-0.15, -0.1) is 0 Å². The van der Waals surface area contributed by atoms with Gasteiger partial charge in [0.25, 0.3) is 0 Å². The third-order valence-corrected chi connectivity index (χ3v) is 2.40. The van der Waals surface area contributed by atoms with E-state index in [-0.39, 0.29) is 12.3 Å². The number of benzene rings is 1. The van der Waals surface area contributed by atoms with E-state index in [4.69, 9.17) is 5.11 Å². The Morgan fingerprint density at radius 1 is 1.22 bits per heavy atom. The summed E-state index contributed by atoms with van der Waals surface area (Å²) in [6, 6.07) is 7.22. The summed E-state index contributed by atoms with van der Waals surface area (Å²) in [6.07, 6.45) is -0.0281. The van der Waals surface area contributed by atoms with Gasteiger partial charge in [-0.2, -0.15) is 0 Å². The molecule has 5 heteroatoms. The van der Waals surface area contributed by atoms with Crippen molar-refractivity contribution in [2.45, 2.75) is 13.0 Å². The molecule has 0 aliphatic carbocycles. The number of hydrogen-bond acceptors (Lipinski definition) is 3. The van der Waals surface area contributed by atoms with E-state index in [2.05, 4.69) is 5.32 Å². The van der Waals surface area contributed by atoms with Crippen LogP contribution < -0.4 is 5.32 Å². The zero-order valence-corrected chi connectivity index (χ0v) is 10.6. The topological polar surface area (TPSA) is 69.6 Å². The van der Waals surface area contributed by atoms with E-state index >= 15 is 0 Å². The summed E-state index contributed by atoms with van der Waals surface area (Å²) in [5, 5.41) is 11.6. The van der Waals surface area contributed by atoms with Gasteiger partial charge in [0.2, 0.25) is 5.91 Å². The lowest BCUT2D eigenvalue weighted by atomic mass is 10.0. The Morgan fingerprint density at radius 3 is 2.39 bits per heavy atom. The minimum atomic E-state index is -0.873. The van der Waals surface area contributed by atoms with E-state index in [1.54, 1.807) is 17.0 Å². The van der Waals surface area contributed by atoms with E-state index < -0.39 is 5.97 Å². The van der Waals surface area contributed by atoms with Gasteiger partial charge in [0.1, 0.15) is 0 Å². The molecule has 2 N–H and O–H groups in total. The molecule has 0 spiro atoms. The number of amides is 1. The average Bonchev–Trinajstić information content (AvgIpc) is 2.26. The molecule has 0 aliphatic rings. The fourth-order valence-electron chi connectivity index (χ4n) is 1.60. The van der Waals surface area contributed by atoms with E-state index in [1.807, 2.05) is 26.2 Å². The zero-order chi connectivity index (χ0) is 13.5.